The molecule has 0 unspecified atom stereocenters. The number of likely N-dealkylation sites (tertiary alicyclic amines) is 1. The van der Waals surface area contributed by atoms with E-state index in [0.29, 0.717) is 19.1 Å². The van der Waals surface area contributed by atoms with Crippen molar-refractivity contribution in [3.63, 3.8) is 0 Å². The van der Waals surface area contributed by atoms with Gasteiger partial charge in [-0.1, -0.05) is 6.92 Å². The van der Waals surface area contributed by atoms with Crippen LogP contribution in [0.5, 0.6) is 0 Å². The quantitative estimate of drug-likeness (QED) is 0.843. The molecule has 3 saturated heterocycles. The first-order chi connectivity index (χ1) is 11.7. The standard InChI is InChI=1S/C18H26N2O4/c1-2-14-4-5-15(23-14)11-19-8-6-13-10-16(24-17(13)12-19)18(21)20-7-3-9-22-20/h4-5,13,16-17H,2-3,6-12H2,1H3/t13-,16+,17+/m0/s1. The number of hydrogen-bond acceptors (Lipinski definition) is 5. The van der Waals surface area contributed by atoms with Crippen LogP contribution in [0.4, 0.5) is 0 Å². The molecule has 3 fully saturated rings. The van der Waals surface area contributed by atoms with Gasteiger partial charge in [-0.2, -0.15) is 0 Å². The van der Waals surface area contributed by atoms with Gasteiger partial charge >= 0.3 is 0 Å². The predicted molar refractivity (Wildman–Crippen MR) is 87.0 cm³/mol. The van der Waals surface area contributed by atoms with Crippen LogP contribution in [0.3, 0.4) is 0 Å². The highest BCUT2D eigenvalue weighted by molar-refractivity contribution is 5.80. The summed E-state index contributed by atoms with van der Waals surface area (Å²) in [5, 5.41) is 1.49. The molecule has 0 N–H and O–H groups in total. The molecule has 3 aliphatic rings. The van der Waals surface area contributed by atoms with Crippen molar-refractivity contribution >= 4 is 5.91 Å². The van der Waals surface area contributed by atoms with Gasteiger partial charge in [-0.25, -0.2) is 5.06 Å². The third kappa shape index (κ3) is 3.23. The SMILES string of the molecule is CCc1ccc(CN2CC[C@H]3C[C@H](C(=O)N4CCCO4)O[C@@H]3C2)o1. The normalized spacial score (nSPS) is 30.7. The van der Waals surface area contributed by atoms with E-state index in [9.17, 15) is 4.79 Å². The molecule has 4 rings (SSSR count). The van der Waals surface area contributed by atoms with E-state index in [1.165, 1.54) is 5.06 Å². The maximum Gasteiger partial charge on any atom is 0.275 e. The molecule has 0 aliphatic carbocycles. The molecule has 1 aromatic heterocycles. The van der Waals surface area contributed by atoms with Crippen LogP contribution in [0.2, 0.25) is 0 Å². The van der Waals surface area contributed by atoms with E-state index in [2.05, 4.69) is 24.0 Å². The number of hydrogen-bond donors (Lipinski definition) is 0. The van der Waals surface area contributed by atoms with Crippen LogP contribution in [-0.4, -0.2) is 54.3 Å². The predicted octanol–water partition coefficient (Wildman–Crippen LogP) is 1.99. The summed E-state index contributed by atoms with van der Waals surface area (Å²) in [6.07, 6.45) is 3.58. The molecule has 3 atom stereocenters. The summed E-state index contributed by atoms with van der Waals surface area (Å²) in [7, 11) is 0. The fourth-order valence-corrected chi connectivity index (χ4v) is 4.00. The fraction of sp³-hybridized carbons (Fsp3) is 0.722. The highest BCUT2D eigenvalue weighted by Gasteiger charge is 2.43. The molecule has 1 aromatic rings. The van der Waals surface area contributed by atoms with Crippen molar-refractivity contribution in [3.8, 4) is 0 Å². The Morgan fingerprint density at radius 1 is 1.29 bits per heavy atom. The number of hydroxylamine groups is 2. The Kier molecular flexibility index (Phi) is 4.61. The molecule has 0 aromatic carbocycles. The third-order valence-electron chi connectivity index (χ3n) is 5.36. The van der Waals surface area contributed by atoms with Gasteiger partial charge in [-0.3, -0.25) is 14.5 Å². The minimum absolute atomic E-state index is 0.00655. The topological polar surface area (TPSA) is 55.2 Å². The second-order valence-electron chi connectivity index (χ2n) is 7.03. The van der Waals surface area contributed by atoms with Gasteiger partial charge in [0.25, 0.3) is 5.91 Å². The lowest BCUT2D eigenvalue weighted by atomic mass is 9.91. The maximum atomic E-state index is 12.4. The van der Waals surface area contributed by atoms with Gasteiger partial charge < -0.3 is 9.15 Å². The van der Waals surface area contributed by atoms with Crippen LogP contribution in [-0.2, 0) is 27.3 Å². The number of rotatable bonds is 4. The summed E-state index contributed by atoms with van der Waals surface area (Å²) in [6.45, 7) is 6.16. The number of piperidine rings is 1. The molecule has 0 spiro atoms. The fourth-order valence-electron chi connectivity index (χ4n) is 4.00. The van der Waals surface area contributed by atoms with Crippen LogP contribution < -0.4 is 0 Å². The lowest BCUT2D eigenvalue weighted by Gasteiger charge is -2.33. The zero-order valence-electron chi connectivity index (χ0n) is 14.3. The summed E-state index contributed by atoms with van der Waals surface area (Å²) in [5.41, 5.74) is 0. The Morgan fingerprint density at radius 2 is 2.17 bits per heavy atom. The van der Waals surface area contributed by atoms with E-state index >= 15 is 0 Å². The van der Waals surface area contributed by atoms with Crippen molar-refractivity contribution in [2.75, 3.05) is 26.2 Å². The number of nitrogens with zero attached hydrogens (tertiary/aromatic N) is 2. The largest absolute Gasteiger partial charge is 0.465 e. The van der Waals surface area contributed by atoms with Crippen LogP contribution in [0.15, 0.2) is 16.5 Å². The second kappa shape index (κ2) is 6.86. The van der Waals surface area contributed by atoms with E-state index in [4.69, 9.17) is 14.0 Å². The minimum atomic E-state index is -0.326. The Bertz CT molecular complexity index is 581. The molecule has 0 saturated carbocycles. The van der Waals surface area contributed by atoms with Crippen molar-refractivity contribution in [1.82, 2.24) is 9.96 Å². The Hall–Kier alpha value is -1.37. The zero-order valence-corrected chi connectivity index (χ0v) is 14.3. The molecule has 24 heavy (non-hydrogen) atoms. The number of carbonyl (C=O) groups is 1. The van der Waals surface area contributed by atoms with Crippen LogP contribution >= 0.6 is 0 Å². The average Bonchev–Trinajstić information content (AvgIpc) is 3.33. The first-order valence-corrected chi connectivity index (χ1v) is 9.12. The Morgan fingerprint density at radius 3 is 2.92 bits per heavy atom. The first-order valence-electron chi connectivity index (χ1n) is 9.12. The van der Waals surface area contributed by atoms with Crippen molar-refractivity contribution in [2.45, 2.75) is 51.4 Å². The van der Waals surface area contributed by atoms with Crippen molar-refractivity contribution in [2.24, 2.45) is 5.92 Å². The number of fused-ring (bicyclic) bond motifs is 1. The Labute approximate surface area is 142 Å². The average molecular weight is 334 g/mol. The van der Waals surface area contributed by atoms with E-state index < -0.39 is 0 Å². The molecule has 3 aliphatic heterocycles. The monoisotopic (exact) mass is 334 g/mol. The molecule has 0 radical (unpaired) electrons. The Balaban J connectivity index is 1.32. The lowest BCUT2D eigenvalue weighted by Crippen LogP contribution is -2.42. The van der Waals surface area contributed by atoms with Gasteiger partial charge in [0, 0.05) is 13.0 Å². The third-order valence-corrected chi connectivity index (χ3v) is 5.36. The van der Waals surface area contributed by atoms with E-state index in [-0.39, 0.29) is 18.1 Å². The molecular formula is C18H26N2O4. The zero-order chi connectivity index (χ0) is 16.5. The van der Waals surface area contributed by atoms with Gasteiger partial charge in [0.1, 0.15) is 17.6 Å². The molecule has 6 heteroatoms. The molecule has 1 amide bonds. The minimum Gasteiger partial charge on any atom is -0.465 e. The van der Waals surface area contributed by atoms with Gasteiger partial charge in [0.2, 0.25) is 0 Å². The van der Waals surface area contributed by atoms with Crippen molar-refractivity contribution in [1.29, 1.82) is 0 Å². The second-order valence-corrected chi connectivity index (χ2v) is 7.03. The maximum absolute atomic E-state index is 12.4. The summed E-state index contributed by atoms with van der Waals surface area (Å²) in [6, 6.07) is 4.12. The van der Waals surface area contributed by atoms with E-state index in [0.717, 1.165) is 56.8 Å². The summed E-state index contributed by atoms with van der Waals surface area (Å²) in [5.74, 6) is 2.54. The van der Waals surface area contributed by atoms with Gasteiger partial charge in [0.15, 0.2) is 0 Å². The van der Waals surface area contributed by atoms with Crippen LogP contribution in [0, 0.1) is 5.92 Å². The summed E-state index contributed by atoms with van der Waals surface area (Å²) in [4.78, 5) is 20.2. The van der Waals surface area contributed by atoms with Crippen molar-refractivity contribution < 1.29 is 18.8 Å². The number of amides is 1. The summed E-state index contributed by atoms with van der Waals surface area (Å²) < 4.78 is 11.9. The molecule has 132 valence electrons. The molecule has 4 heterocycles. The smallest absolute Gasteiger partial charge is 0.275 e. The van der Waals surface area contributed by atoms with E-state index in [1.54, 1.807) is 0 Å². The van der Waals surface area contributed by atoms with Crippen molar-refractivity contribution in [3.05, 3.63) is 23.7 Å². The number of ether oxygens (including phenoxy) is 1. The van der Waals surface area contributed by atoms with Crippen LogP contribution in [0.25, 0.3) is 0 Å². The molecular weight excluding hydrogens is 308 g/mol. The summed E-state index contributed by atoms with van der Waals surface area (Å²) >= 11 is 0. The van der Waals surface area contributed by atoms with Gasteiger partial charge in [0.05, 0.1) is 25.8 Å². The number of furan rings is 1. The number of aryl methyl sites for hydroxylation is 1. The molecule has 6 nitrogen and oxygen atoms in total. The molecule has 0 bridgehead atoms. The van der Waals surface area contributed by atoms with Gasteiger partial charge in [-0.15, -0.1) is 0 Å². The van der Waals surface area contributed by atoms with Gasteiger partial charge in [-0.05, 0) is 43.9 Å². The van der Waals surface area contributed by atoms with E-state index in [1.807, 2.05) is 0 Å². The highest BCUT2D eigenvalue weighted by atomic mass is 16.7. The lowest BCUT2D eigenvalue weighted by molar-refractivity contribution is -0.180. The highest BCUT2D eigenvalue weighted by Crippen LogP contribution is 2.34. The first kappa shape index (κ1) is 16.1. The van der Waals surface area contributed by atoms with Crippen LogP contribution in [0.1, 0.15) is 37.7 Å². The number of carbonyl (C=O) groups excluding carboxylic acids is 1.